The van der Waals surface area contributed by atoms with Crippen LogP contribution in [0.1, 0.15) is 37.0 Å². The topological polar surface area (TPSA) is 106 Å². The molecule has 0 radical (unpaired) electrons. The van der Waals surface area contributed by atoms with Crippen molar-refractivity contribution in [2.24, 2.45) is 10.9 Å². The van der Waals surface area contributed by atoms with Crippen molar-refractivity contribution >= 4 is 11.7 Å². The van der Waals surface area contributed by atoms with Crippen molar-refractivity contribution in [3.8, 4) is 0 Å². The molecule has 1 unspecified atom stereocenters. The highest BCUT2D eigenvalue weighted by atomic mass is 16.4. The third-order valence-electron chi connectivity index (χ3n) is 2.63. The van der Waals surface area contributed by atoms with E-state index in [9.17, 15) is 4.79 Å². The molecule has 0 aliphatic rings. The summed E-state index contributed by atoms with van der Waals surface area (Å²) in [6, 6.07) is 1.21. The van der Waals surface area contributed by atoms with Crippen LogP contribution in [0, 0.1) is 0 Å². The van der Waals surface area contributed by atoms with E-state index in [0.29, 0.717) is 12.2 Å². The smallest absolute Gasteiger partial charge is 0.270 e. The van der Waals surface area contributed by atoms with Gasteiger partial charge in [-0.2, -0.15) is 5.10 Å². The molecule has 0 aliphatic heterocycles. The summed E-state index contributed by atoms with van der Waals surface area (Å²) in [5.41, 5.74) is 6.75. The first kappa shape index (κ1) is 14.0. The Labute approximate surface area is 106 Å². The molecule has 1 heterocycles. The summed E-state index contributed by atoms with van der Waals surface area (Å²) < 4.78 is 1.63. The minimum atomic E-state index is -0.534. The number of hydrogen-bond acceptors (Lipinski definition) is 4. The minimum Gasteiger partial charge on any atom is -0.409 e. The SMILES string of the molecule is CCc1cc(C(=O)NC(C)C(N)=NO)n(CC)n1. The van der Waals surface area contributed by atoms with E-state index in [1.54, 1.807) is 17.7 Å². The Morgan fingerprint density at radius 2 is 2.33 bits per heavy atom. The molecule has 7 heteroatoms. The van der Waals surface area contributed by atoms with Gasteiger partial charge < -0.3 is 16.3 Å². The molecule has 0 aliphatic carbocycles. The number of nitrogens with two attached hydrogens (primary N) is 1. The van der Waals surface area contributed by atoms with E-state index in [1.807, 2.05) is 13.8 Å². The number of aromatic nitrogens is 2. The van der Waals surface area contributed by atoms with Crippen LogP contribution in [0.5, 0.6) is 0 Å². The van der Waals surface area contributed by atoms with Gasteiger partial charge in [0.2, 0.25) is 0 Å². The molecule has 1 aromatic heterocycles. The lowest BCUT2D eigenvalue weighted by Gasteiger charge is -2.12. The molecule has 7 nitrogen and oxygen atoms in total. The fourth-order valence-corrected chi connectivity index (χ4v) is 1.50. The van der Waals surface area contributed by atoms with Gasteiger partial charge in [0, 0.05) is 6.54 Å². The lowest BCUT2D eigenvalue weighted by Crippen LogP contribution is -2.43. The Balaban J connectivity index is 2.87. The zero-order valence-corrected chi connectivity index (χ0v) is 10.8. The first-order chi connectivity index (χ1) is 8.53. The predicted molar refractivity (Wildman–Crippen MR) is 67.6 cm³/mol. The number of amides is 1. The summed E-state index contributed by atoms with van der Waals surface area (Å²) in [4.78, 5) is 12.0. The number of nitrogens with one attached hydrogen (secondary N) is 1. The van der Waals surface area contributed by atoms with Gasteiger partial charge in [0.15, 0.2) is 5.84 Å². The van der Waals surface area contributed by atoms with Crippen molar-refractivity contribution in [3.63, 3.8) is 0 Å². The Morgan fingerprint density at radius 3 is 2.83 bits per heavy atom. The molecule has 0 saturated carbocycles. The summed E-state index contributed by atoms with van der Waals surface area (Å²) >= 11 is 0. The molecule has 0 spiro atoms. The largest absolute Gasteiger partial charge is 0.409 e. The van der Waals surface area contributed by atoms with E-state index >= 15 is 0 Å². The quantitative estimate of drug-likeness (QED) is 0.304. The second-order valence-electron chi connectivity index (χ2n) is 3.91. The lowest BCUT2D eigenvalue weighted by atomic mass is 10.2. The fraction of sp³-hybridized carbons (Fsp3) is 0.545. The lowest BCUT2D eigenvalue weighted by molar-refractivity contribution is 0.0938. The van der Waals surface area contributed by atoms with Crippen LogP contribution in [0.25, 0.3) is 0 Å². The first-order valence-electron chi connectivity index (χ1n) is 5.88. The number of amidine groups is 1. The number of nitrogens with zero attached hydrogens (tertiary/aromatic N) is 3. The molecule has 0 saturated heterocycles. The average molecular weight is 253 g/mol. The average Bonchev–Trinajstić information content (AvgIpc) is 2.80. The third kappa shape index (κ3) is 2.99. The van der Waals surface area contributed by atoms with Crippen molar-refractivity contribution in [2.45, 2.75) is 39.8 Å². The molecule has 1 atom stereocenters. The van der Waals surface area contributed by atoms with Gasteiger partial charge in [-0.25, -0.2) is 0 Å². The van der Waals surface area contributed by atoms with Gasteiger partial charge in [0.05, 0.1) is 11.7 Å². The van der Waals surface area contributed by atoms with Gasteiger partial charge in [0.25, 0.3) is 5.91 Å². The number of aryl methyl sites for hydroxylation is 2. The number of carbonyl (C=O) groups excluding carboxylic acids is 1. The number of oxime groups is 1. The summed E-state index contributed by atoms with van der Waals surface area (Å²) in [6.45, 7) is 6.14. The van der Waals surface area contributed by atoms with E-state index < -0.39 is 6.04 Å². The standard InChI is InChI=1S/C11H19N5O2/c1-4-8-6-9(16(5-2)14-8)11(17)13-7(3)10(12)15-18/h6-7,18H,4-5H2,1-3H3,(H2,12,15)(H,13,17). The zero-order valence-electron chi connectivity index (χ0n) is 10.8. The molecule has 18 heavy (non-hydrogen) atoms. The summed E-state index contributed by atoms with van der Waals surface area (Å²) in [5, 5.41) is 18.3. The van der Waals surface area contributed by atoms with Crippen LogP contribution < -0.4 is 11.1 Å². The van der Waals surface area contributed by atoms with Gasteiger partial charge in [0.1, 0.15) is 5.69 Å². The van der Waals surface area contributed by atoms with E-state index in [2.05, 4.69) is 15.6 Å². The molecule has 0 bridgehead atoms. The molecular weight excluding hydrogens is 234 g/mol. The molecule has 100 valence electrons. The highest BCUT2D eigenvalue weighted by Gasteiger charge is 2.17. The zero-order chi connectivity index (χ0) is 13.7. The van der Waals surface area contributed by atoms with Crippen LogP contribution in [0.15, 0.2) is 11.2 Å². The highest BCUT2D eigenvalue weighted by molar-refractivity contribution is 5.97. The predicted octanol–water partition coefficient (Wildman–Crippen LogP) is 0.330. The second kappa shape index (κ2) is 6.04. The molecule has 0 aromatic carbocycles. The Kier molecular flexibility index (Phi) is 4.70. The van der Waals surface area contributed by atoms with Crippen molar-refractivity contribution in [3.05, 3.63) is 17.5 Å². The molecule has 4 N–H and O–H groups in total. The third-order valence-corrected chi connectivity index (χ3v) is 2.63. The second-order valence-corrected chi connectivity index (χ2v) is 3.91. The van der Waals surface area contributed by atoms with Crippen molar-refractivity contribution in [1.29, 1.82) is 0 Å². The monoisotopic (exact) mass is 253 g/mol. The highest BCUT2D eigenvalue weighted by Crippen LogP contribution is 2.06. The maximum Gasteiger partial charge on any atom is 0.270 e. The normalized spacial score (nSPS) is 13.4. The van der Waals surface area contributed by atoms with Crippen LogP contribution in [0.2, 0.25) is 0 Å². The Hall–Kier alpha value is -2.05. The van der Waals surface area contributed by atoms with Crippen molar-refractivity contribution < 1.29 is 10.0 Å². The summed E-state index contributed by atoms with van der Waals surface area (Å²) in [5.74, 6) is -0.329. The van der Waals surface area contributed by atoms with E-state index in [1.165, 1.54) is 0 Å². The number of carbonyl (C=O) groups is 1. The molecule has 0 fully saturated rings. The van der Waals surface area contributed by atoms with Gasteiger partial charge in [-0.15, -0.1) is 0 Å². The molecule has 1 rings (SSSR count). The minimum absolute atomic E-state index is 0.0402. The molecule has 1 amide bonds. The Bertz CT molecular complexity index is 452. The van der Waals surface area contributed by atoms with Gasteiger partial charge >= 0.3 is 0 Å². The molecular formula is C11H19N5O2. The van der Waals surface area contributed by atoms with Gasteiger partial charge in [-0.3, -0.25) is 9.48 Å². The molecule has 1 aromatic rings. The van der Waals surface area contributed by atoms with Crippen LogP contribution in [-0.2, 0) is 13.0 Å². The number of rotatable bonds is 5. The number of hydrogen-bond donors (Lipinski definition) is 3. The van der Waals surface area contributed by atoms with Crippen molar-refractivity contribution in [1.82, 2.24) is 15.1 Å². The maximum absolute atomic E-state index is 12.0. The maximum atomic E-state index is 12.0. The Morgan fingerprint density at radius 1 is 1.67 bits per heavy atom. The summed E-state index contributed by atoms with van der Waals surface area (Å²) in [6.07, 6.45) is 0.767. The van der Waals surface area contributed by atoms with Crippen LogP contribution in [0.3, 0.4) is 0 Å². The van der Waals surface area contributed by atoms with Gasteiger partial charge in [-0.05, 0) is 26.3 Å². The van der Waals surface area contributed by atoms with Gasteiger partial charge in [-0.1, -0.05) is 12.1 Å². The van der Waals surface area contributed by atoms with Crippen LogP contribution in [0.4, 0.5) is 0 Å². The fourth-order valence-electron chi connectivity index (χ4n) is 1.50. The van der Waals surface area contributed by atoms with Crippen LogP contribution in [-0.4, -0.2) is 32.8 Å². The first-order valence-corrected chi connectivity index (χ1v) is 5.88. The van der Waals surface area contributed by atoms with Crippen LogP contribution >= 0.6 is 0 Å². The van der Waals surface area contributed by atoms with Crippen molar-refractivity contribution in [2.75, 3.05) is 0 Å². The summed E-state index contributed by atoms with van der Waals surface area (Å²) in [7, 11) is 0. The van der Waals surface area contributed by atoms with E-state index in [-0.39, 0.29) is 11.7 Å². The van der Waals surface area contributed by atoms with E-state index in [4.69, 9.17) is 10.9 Å². The van der Waals surface area contributed by atoms with E-state index in [0.717, 1.165) is 12.1 Å².